The average molecular weight is 350 g/mol. The normalized spacial score (nSPS) is 9.83. The van der Waals surface area contributed by atoms with E-state index < -0.39 is 0 Å². The van der Waals surface area contributed by atoms with Gasteiger partial charge in [-0.1, -0.05) is 35.6 Å². The van der Waals surface area contributed by atoms with Gasteiger partial charge < -0.3 is 14.8 Å². The van der Waals surface area contributed by atoms with E-state index in [2.05, 4.69) is 5.32 Å². The minimum Gasteiger partial charge on any atom is -0.379 e. The third kappa shape index (κ3) is 17.1. The van der Waals surface area contributed by atoms with Gasteiger partial charge in [0.05, 0.1) is 26.4 Å². The highest BCUT2D eigenvalue weighted by molar-refractivity contribution is 5.85. The van der Waals surface area contributed by atoms with Crippen LogP contribution in [-0.2, 0) is 23.9 Å². The van der Waals surface area contributed by atoms with E-state index in [0.717, 1.165) is 0 Å². The number of nitrogens with one attached hydrogen (secondary N) is 1. The first-order valence-electron chi connectivity index (χ1n) is 7.94. The van der Waals surface area contributed by atoms with E-state index in [4.69, 9.17) is 9.47 Å². The van der Waals surface area contributed by atoms with Gasteiger partial charge in [0.15, 0.2) is 0 Å². The van der Waals surface area contributed by atoms with Gasteiger partial charge >= 0.3 is 0 Å². The smallest absolute Gasteiger partial charge is 0.220 e. The maximum absolute atomic E-state index is 11.5. The summed E-state index contributed by atoms with van der Waals surface area (Å²) in [4.78, 5) is 33.8. The second kappa shape index (κ2) is 18.1. The molecule has 0 unspecified atom stereocenters. The molecule has 146 valence electrons. The average Bonchev–Trinajstić information content (AvgIpc) is 2.50. The third-order valence-electron chi connectivity index (χ3n) is 3.10. The Bertz CT molecular complexity index is 348. The van der Waals surface area contributed by atoms with E-state index >= 15 is 0 Å². The van der Waals surface area contributed by atoms with E-state index in [1.54, 1.807) is 0 Å². The number of ether oxygens (including phenoxy) is 2. The SMILES string of the molecule is C.C.CCC(=O)CCOCCOCCNC(=O)CCC(=O)C(C)C.[HH]. The summed E-state index contributed by atoms with van der Waals surface area (Å²) in [5.41, 5.74) is 0. The van der Waals surface area contributed by atoms with Gasteiger partial charge in [0.1, 0.15) is 11.6 Å². The number of carbonyl (C=O) groups excluding carboxylic acids is 3. The van der Waals surface area contributed by atoms with Gasteiger partial charge in [-0.25, -0.2) is 0 Å². The van der Waals surface area contributed by atoms with Crippen molar-refractivity contribution in [1.82, 2.24) is 5.32 Å². The summed E-state index contributed by atoms with van der Waals surface area (Å²) < 4.78 is 10.5. The molecule has 0 aromatic carbocycles. The quantitative estimate of drug-likeness (QED) is 0.487. The molecule has 0 heterocycles. The minimum absolute atomic E-state index is 0. The maximum atomic E-state index is 11.5. The van der Waals surface area contributed by atoms with Crippen LogP contribution in [0.25, 0.3) is 0 Å². The van der Waals surface area contributed by atoms with Crippen molar-refractivity contribution in [3.63, 3.8) is 0 Å². The van der Waals surface area contributed by atoms with Crippen LogP contribution < -0.4 is 5.32 Å². The summed E-state index contributed by atoms with van der Waals surface area (Å²) in [6, 6.07) is 0. The van der Waals surface area contributed by atoms with Crippen LogP contribution in [0.4, 0.5) is 0 Å². The van der Waals surface area contributed by atoms with Crippen LogP contribution in [0.1, 0.15) is 62.7 Å². The number of carbonyl (C=O) groups is 3. The van der Waals surface area contributed by atoms with Gasteiger partial charge in [-0.05, 0) is 0 Å². The summed E-state index contributed by atoms with van der Waals surface area (Å²) in [5, 5.41) is 2.70. The van der Waals surface area contributed by atoms with Crippen molar-refractivity contribution < 1.29 is 25.3 Å². The molecule has 0 bridgehead atoms. The summed E-state index contributed by atoms with van der Waals surface area (Å²) in [7, 11) is 0. The molecular weight excluding hydrogens is 310 g/mol. The molecular formula is C18H39NO5. The number of amides is 1. The maximum Gasteiger partial charge on any atom is 0.220 e. The van der Waals surface area contributed by atoms with Crippen molar-refractivity contribution in [3.8, 4) is 0 Å². The highest BCUT2D eigenvalue weighted by Gasteiger charge is 2.09. The second-order valence-electron chi connectivity index (χ2n) is 5.34. The van der Waals surface area contributed by atoms with E-state index in [9.17, 15) is 14.4 Å². The third-order valence-corrected chi connectivity index (χ3v) is 3.10. The predicted octanol–water partition coefficient (Wildman–Crippen LogP) is 3.03. The van der Waals surface area contributed by atoms with Gasteiger partial charge in [-0.15, -0.1) is 0 Å². The first-order valence-corrected chi connectivity index (χ1v) is 7.94. The Labute approximate surface area is 149 Å². The van der Waals surface area contributed by atoms with Gasteiger partial charge in [0, 0.05) is 39.6 Å². The predicted molar refractivity (Wildman–Crippen MR) is 99.2 cm³/mol. The first-order chi connectivity index (χ1) is 10.5. The van der Waals surface area contributed by atoms with E-state index in [-0.39, 0.29) is 52.5 Å². The zero-order chi connectivity index (χ0) is 16.8. The van der Waals surface area contributed by atoms with Crippen molar-refractivity contribution in [1.29, 1.82) is 0 Å². The van der Waals surface area contributed by atoms with Crippen LogP contribution in [0.2, 0.25) is 0 Å². The Hall–Kier alpha value is -1.27. The van der Waals surface area contributed by atoms with Crippen LogP contribution in [0.15, 0.2) is 0 Å². The summed E-state index contributed by atoms with van der Waals surface area (Å²) >= 11 is 0. The molecule has 6 heteroatoms. The number of rotatable bonds is 14. The lowest BCUT2D eigenvalue weighted by molar-refractivity contribution is -0.126. The molecule has 0 saturated heterocycles. The molecule has 6 nitrogen and oxygen atoms in total. The van der Waals surface area contributed by atoms with Crippen molar-refractivity contribution in [2.24, 2.45) is 5.92 Å². The molecule has 0 fully saturated rings. The fourth-order valence-electron chi connectivity index (χ4n) is 1.56. The molecule has 0 radical (unpaired) electrons. The number of Topliss-reactive ketones (excluding diaryl/α,β-unsaturated/α-hetero) is 2. The molecule has 0 spiro atoms. The van der Waals surface area contributed by atoms with Crippen LogP contribution >= 0.6 is 0 Å². The molecule has 0 aliphatic rings. The summed E-state index contributed by atoms with van der Waals surface area (Å²) in [6.07, 6.45) is 1.50. The fraction of sp³-hybridized carbons (Fsp3) is 0.833. The van der Waals surface area contributed by atoms with Crippen molar-refractivity contribution in [2.75, 3.05) is 33.0 Å². The van der Waals surface area contributed by atoms with Crippen molar-refractivity contribution in [3.05, 3.63) is 0 Å². The zero-order valence-corrected chi connectivity index (χ0v) is 14.0. The number of hydrogen-bond donors (Lipinski definition) is 1. The van der Waals surface area contributed by atoms with E-state index in [1.165, 1.54) is 0 Å². The van der Waals surface area contributed by atoms with E-state index in [1.807, 2.05) is 20.8 Å². The summed E-state index contributed by atoms with van der Waals surface area (Å²) in [5.74, 6) is 0.139. The monoisotopic (exact) mass is 349 g/mol. The molecule has 0 rings (SSSR count). The Balaban J connectivity index is -0.000000735. The lowest BCUT2D eigenvalue weighted by Crippen LogP contribution is -2.28. The van der Waals surface area contributed by atoms with Crippen LogP contribution in [0, 0.1) is 5.92 Å². The molecule has 0 aromatic rings. The lowest BCUT2D eigenvalue weighted by Gasteiger charge is -2.07. The molecule has 0 aliphatic heterocycles. The van der Waals surface area contributed by atoms with Gasteiger partial charge in [0.25, 0.3) is 0 Å². The van der Waals surface area contributed by atoms with Crippen LogP contribution in [0.3, 0.4) is 0 Å². The first kappa shape index (κ1) is 27.6. The molecule has 1 N–H and O–H groups in total. The Morgan fingerprint density at radius 2 is 1.50 bits per heavy atom. The number of hydrogen-bond acceptors (Lipinski definition) is 5. The topological polar surface area (TPSA) is 81.7 Å². The number of ketones is 2. The Morgan fingerprint density at radius 1 is 0.917 bits per heavy atom. The largest absolute Gasteiger partial charge is 0.379 e. The standard InChI is InChI=1S/C16H29NO5.2CH4.H2/c1-4-14(18)7-9-21-11-12-22-10-8-17-16(20)6-5-15(19)13(2)3;;;/h13H,4-12H2,1-3H3,(H,17,20);2*1H4;1H. The van der Waals surface area contributed by atoms with Gasteiger partial charge in [-0.2, -0.15) is 0 Å². The fourth-order valence-corrected chi connectivity index (χ4v) is 1.56. The lowest BCUT2D eigenvalue weighted by atomic mass is 10.0. The molecule has 0 aliphatic carbocycles. The van der Waals surface area contributed by atoms with E-state index in [0.29, 0.717) is 45.8 Å². The van der Waals surface area contributed by atoms with Crippen molar-refractivity contribution in [2.45, 2.75) is 61.3 Å². The molecule has 0 saturated carbocycles. The molecule has 0 atom stereocenters. The Morgan fingerprint density at radius 3 is 2.04 bits per heavy atom. The van der Waals surface area contributed by atoms with Crippen LogP contribution in [0.5, 0.6) is 0 Å². The van der Waals surface area contributed by atoms with Crippen molar-refractivity contribution >= 4 is 17.5 Å². The summed E-state index contributed by atoms with van der Waals surface area (Å²) in [6.45, 7) is 7.61. The zero-order valence-electron chi connectivity index (χ0n) is 14.0. The van der Waals surface area contributed by atoms with Gasteiger partial charge in [-0.3, -0.25) is 14.4 Å². The highest BCUT2D eigenvalue weighted by atomic mass is 16.5. The van der Waals surface area contributed by atoms with Gasteiger partial charge in [0.2, 0.25) is 5.91 Å². The minimum atomic E-state index is -0.132. The highest BCUT2D eigenvalue weighted by Crippen LogP contribution is 2.01. The molecule has 0 aromatic heterocycles. The molecule has 1 amide bonds. The second-order valence-corrected chi connectivity index (χ2v) is 5.34. The van der Waals surface area contributed by atoms with Crippen LogP contribution in [-0.4, -0.2) is 50.4 Å². The Kier molecular flexibility index (Phi) is 20.8. The molecule has 24 heavy (non-hydrogen) atoms.